The van der Waals surface area contributed by atoms with E-state index in [1.165, 1.54) is 7.05 Å². The third-order valence-electron chi connectivity index (χ3n) is 3.25. The van der Waals surface area contributed by atoms with Crippen molar-refractivity contribution in [2.75, 3.05) is 25.9 Å². The Bertz CT molecular complexity index is 369. The van der Waals surface area contributed by atoms with E-state index in [2.05, 4.69) is 5.32 Å². The van der Waals surface area contributed by atoms with Crippen molar-refractivity contribution in [3.05, 3.63) is 0 Å². The van der Waals surface area contributed by atoms with Crippen molar-refractivity contribution in [2.45, 2.75) is 39.2 Å². The average molecular weight is 316 g/mol. The van der Waals surface area contributed by atoms with Gasteiger partial charge in [-0.25, -0.2) is 8.42 Å². The molecule has 0 aliphatic heterocycles. The fourth-order valence-corrected chi connectivity index (χ4v) is 2.11. The van der Waals surface area contributed by atoms with Gasteiger partial charge in [-0.2, -0.15) is 4.31 Å². The first-order valence-corrected chi connectivity index (χ1v) is 7.81. The number of likely N-dealkylation sites (N-methyl/N-ethyl adjacent to an activating group) is 1. The minimum absolute atomic E-state index is 0. The number of nitrogens with two attached hydrogens (primary N) is 1. The number of carbonyl (C=O) groups excluding carboxylic acids is 1. The zero-order valence-electron chi connectivity index (χ0n) is 12.1. The first-order valence-electron chi connectivity index (χ1n) is 6.20. The molecule has 6 nitrogen and oxygen atoms in total. The molecule has 116 valence electrons. The Kier molecular flexibility index (Phi) is 9.62. The molecule has 0 bridgehead atoms. The van der Waals surface area contributed by atoms with Crippen LogP contribution in [0, 0.1) is 0 Å². The number of sulfonamides is 1. The van der Waals surface area contributed by atoms with E-state index >= 15 is 0 Å². The van der Waals surface area contributed by atoms with E-state index in [0.29, 0.717) is 6.54 Å². The van der Waals surface area contributed by atoms with Gasteiger partial charge in [0, 0.05) is 19.1 Å². The van der Waals surface area contributed by atoms with E-state index in [1.807, 2.05) is 13.8 Å². The summed E-state index contributed by atoms with van der Waals surface area (Å²) >= 11 is 0. The Morgan fingerprint density at radius 3 is 2.11 bits per heavy atom. The van der Waals surface area contributed by atoms with E-state index < -0.39 is 15.6 Å². The Morgan fingerprint density at radius 1 is 1.26 bits per heavy atom. The summed E-state index contributed by atoms with van der Waals surface area (Å²) in [6, 6.07) is 0. The fourth-order valence-electron chi connectivity index (χ4n) is 1.35. The Morgan fingerprint density at radius 2 is 1.74 bits per heavy atom. The summed E-state index contributed by atoms with van der Waals surface area (Å²) < 4.78 is 24.0. The Hall–Kier alpha value is -0.370. The maximum Gasteiger partial charge on any atom is 0.235 e. The number of hydrogen-bond acceptors (Lipinski definition) is 4. The highest BCUT2D eigenvalue weighted by molar-refractivity contribution is 7.89. The zero-order valence-corrected chi connectivity index (χ0v) is 13.7. The second-order valence-corrected chi connectivity index (χ2v) is 6.87. The predicted octanol–water partition coefficient (Wildman–Crippen LogP) is 0.323. The smallest absolute Gasteiger partial charge is 0.235 e. The highest BCUT2D eigenvalue weighted by Crippen LogP contribution is 2.09. The molecule has 1 amide bonds. The van der Waals surface area contributed by atoms with Crippen molar-refractivity contribution in [3.8, 4) is 0 Å². The zero-order chi connectivity index (χ0) is 14.4. The van der Waals surface area contributed by atoms with Gasteiger partial charge in [0.15, 0.2) is 0 Å². The first kappa shape index (κ1) is 20.9. The molecular weight excluding hydrogens is 290 g/mol. The summed E-state index contributed by atoms with van der Waals surface area (Å²) in [5.74, 6) is -0.340. The normalized spacial score (nSPS) is 12.1. The van der Waals surface area contributed by atoms with Crippen LogP contribution in [-0.2, 0) is 14.8 Å². The third kappa shape index (κ3) is 7.10. The van der Waals surface area contributed by atoms with Crippen LogP contribution in [-0.4, -0.2) is 50.1 Å². The highest BCUT2D eigenvalue weighted by atomic mass is 35.5. The molecule has 0 spiro atoms. The average Bonchev–Trinajstić information content (AvgIpc) is 2.35. The van der Waals surface area contributed by atoms with Gasteiger partial charge in [0.05, 0.1) is 12.3 Å². The molecule has 0 aromatic heterocycles. The molecule has 0 saturated heterocycles. The summed E-state index contributed by atoms with van der Waals surface area (Å²) in [5, 5.41) is 2.68. The van der Waals surface area contributed by atoms with E-state index in [1.54, 1.807) is 6.92 Å². The topological polar surface area (TPSA) is 92.5 Å². The van der Waals surface area contributed by atoms with E-state index in [-0.39, 0.29) is 30.6 Å². The molecule has 0 saturated carbocycles. The first-order chi connectivity index (χ1) is 8.20. The van der Waals surface area contributed by atoms with Crippen LogP contribution < -0.4 is 11.1 Å². The van der Waals surface area contributed by atoms with Crippen molar-refractivity contribution in [3.63, 3.8) is 0 Å². The maximum atomic E-state index is 11.6. The van der Waals surface area contributed by atoms with Crippen LogP contribution >= 0.6 is 12.4 Å². The molecular formula is C11H26ClN3O3S. The number of carbonyl (C=O) groups is 1. The maximum absolute atomic E-state index is 11.6. The summed E-state index contributed by atoms with van der Waals surface area (Å²) in [6.45, 7) is 5.66. The predicted molar refractivity (Wildman–Crippen MR) is 79.8 cm³/mol. The van der Waals surface area contributed by atoms with Crippen LogP contribution in [0.5, 0.6) is 0 Å². The van der Waals surface area contributed by atoms with Gasteiger partial charge in [0.25, 0.3) is 0 Å². The Balaban J connectivity index is 0. The number of nitrogens with one attached hydrogen (secondary N) is 1. The SMILES string of the molecule is CCC(N)(CC)CNC(=O)CN(C)S(=O)(=O)CC.Cl. The largest absolute Gasteiger partial charge is 0.353 e. The molecule has 8 heteroatoms. The minimum atomic E-state index is -3.32. The van der Waals surface area contributed by atoms with Crippen LogP contribution in [0.15, 0.2) is 0 Å². The van der Waals surface area contributed by atoms with Crippen molar-refractivity contribution in [1.29, 1.82) is 0 Å². The van der Waals surface area contributed by atoms with E-state index in [9.17, 15) is 13.2 Å². The molecule has 0 atom stereocenters. The number of amides is 1. The lowest BCUT2D eigenvalue weighted by Crippen LogP contribution is -2.51. The molecule has 0 aliphatic carbocycles. The van der Waals surface area contributed by atoms with Gasteiger partial charge in [0.2, 0.25) is 15.9 Å². The van der Waals surface area contributed by atoms with Crippen molar-refractivity contribution in [1.82, 2.24) is 9.62 Å². The van der Waals surface area contributed by atoms with Gasteiger partial charge in [-0.1, -0.05) is 13.8 Å². The molecule has 3 N–H and O–H groups in total. The van der Waals surface area contributed by atoms with Crippen LogP contribution in [0.4, 0.5) is 0 Å². The monoisotopic (exact) mass is 315 g/mol. The van der Waals surface area contributed by atoms with Gasteiger partial charge in [0.1, 0.15) is 0 Å². The minimum Gasteiger partial charge on any atom is -0.353 e. The van der Waals surface area contributed by atoms with Gasteiger partial charge in [-0.05, 0) is 19.8 Å². The van der Waals surface area contributed by atoms with Crippen LogP contribution in [0.25, 0.3) is 0 Å². The molecule has 0 fully saturated rings. The molecule has 0 rings (SSSR count). The summed E-state index contributed by atoms with van der Waals surface area (Å²) in [6.07, 6.45) is 1.51. The quantitative estimate of drug-likeness (QED) is 0.675. The molecule has 0 aliphatic rings. The molecule has 0 aromatic rings. The lowest BCUT2D eigenvalue weighted by atomic mass is 9.94. The van der Waals surface area contributed by atoms with Gasteiger partial charge >= 0.3 is 0 Å². The Labute approximate surface area is 122 Å². The van der Waals surface area contributed by atoms with E-state index in [0.717, 1.165) is 17.1 Å². The van der Waals surface area contributed by atoms with Crippen molar-refractivity contribution >= 4 is 28.3 Å². The lowest BCUT2D eigenvalue weighted by Gasteiger charge is -2.27. The lowest BCUT2D eigenvalue weighted by molar-refractivity contribution is -0.121. The van der Waals surface area contributed by atoms with Gasteiger partial charge in [-0.15, -0.1) is 12.4 Å². The van der Waals surface area contributed by atoms with E-state index in [4.69, 9.17) is 5.73 Å². The fraction of sp³-hybridized carbons (Fsp3) is 0.909. The van der Waals surface area contributed by atoms with Crippen LogP contribution in [0.1, 0.15) is 33.6 Å². The van der Waals surface area contributed by atoms with Gasteiger partial charge in [-0.3, -0.25) is 4.79 Å². The number of nitrogens with zero attached hydrogens (tertiary/aromatic N) is 1. The number of rotatable bonds is 8. The summed E-state index contributed by atoms with van der Waals surface area (Å²) in [5.41, 5.74) is 5.62. The molecule has 0 radical (unpaired) electrons. The van der Waals surface area contributed by atoms with Crippen LogP contribution in [0.2, 0.25) is 0 Å². The second-order valence-electron chi connectivity index (χ2n) is 4.50. The highest BCUT2D eigenvalue weighted by Gasteiger charge is 2.23. The van der Waals surface area contributed by atoms with Crippen molar-refractivity contribution < 1.29 is 13.2 Å². The number of hydrogen-bond donors (Lipinski definition) is 2. The molecule has 0 unspecified atom stereocenters. The molecule has 0 aromatic carbocycles. The standard InChI is InChI=1S/C11H25N3O3S.ClH/c1-5-11(12,6-2)9-13-10(15)8-14(4)18(16,17)7-3;/h5-9,12H2,1-4H3,(H,13,15);1H. The summed E-state index contributed by atoms with van der Waals surface area (Å²) in [7, 11) is -1.92. The second kappa shape index (κ2) is 8.73. The molecule has 0 heterocycles. The molecule has 19 heavy (non-hydrogen) atoms. The van der Waals surface area contributed by atoms with Crippen LogP contribution in [0.3, 0.4) is 0 Å². The summed E-state index contributed by atoms with van der Waals surface area (Å²) in [4.78, 5) is 11.6. The van der Waals surface area contributed by atoms with Crippen molar-refractivity contribution in [2.24, 2.45) is 5.73 Å². The third-order valence-corrected chi connectivity index (χ3v) is 5.06. The number of halogens is 1. The van der Waals surface area contributed by atoms with Gasteiger partial charge < -0.3 is 11.1 Å².